The third-order valence-corrected chi connectivity index (χ3v) is 6.14. The first kappa shape index (κ1) is 19.0. The maximum Gasteiger partial charge on any atom is 0.220 e. The van der Waals surface area contributed by atoms with E-state index in [1.807, 2.05) is 31.2 Å². The molecule has 1 aromatic carbocycles. The fourth-order valence-electron chi connectivity index (χ4n) is 4.47. The van der Waals surface area contributed by atoms with Crippen molar-refractivity contribution in [3.63, 3.8) is 0 Å². The number of nitrogens with one attached hydrogen (secondary N) is 1. The molecule has 1 N–H and O–H groups in total. The summed E-state index contributed by atoms with van der Waals surface area (Å²) in [5.41, 5.74) is 3.16. The molecule has 1 spiro atoms. The zero-order chi connectivity index (χ0) is 19.6. The van der Waals surface area contributed by atoms with Crippen molar-refractivity contribution in [2.24, 2.45) is 0 Å². The zero-order valence-corrected chi connectivity index (χ0v) is 16.8. The van der Waals surface area contributed by atoms with E-state index in [0.29, 0.717) is 6.42 Å². The van der Waals surface area contributed by atoms with Gasteiger partial charge in [0.2, 0.25) is 5.91 Å². The van der Waals surface area contributed by atoms with Gasteiger partial charge in [-0.1, -0.05) is 30.3 Å². The number of carbonyl (C=O) groups is 1. The average Bonchev–Trinajstić information content (AvgIpc) is 2.87. The number of carbonyl (C=O) groups excluding carboxylic acids is 1. The monoisotopic (exact) mass is 379 g/mol. The lowest BCUT2D eigenvalue weighted by Crippen LogP contribution is -2.60. The Bertz CT molecular complexity index is 840. The first-order valence-corrected chi connectivity index (χ1v) is 10.1. The normalized spacial score (nSPS) is 24.1. The second kappa shape index (κ2) is 7.97. The molecular formula is C22H29N5O. The first-order chi connectivity index (χ1) is 13.5. The van der Waals surface area contributed by atoms with Crippen LogP contribution in [0.3, 0.4) is 0 Å². The average molecular weight is 380 g/mol. The van der Waals surface area contributed by atoms with E-state index >= 15 is 0 Å². The van der Waals surface area contributed by atoms with Crippen LogP contribution in [0.25, 0.3) is 11.3 Å². The maximum absolute atomic E-state index is 11.8. The summed E-state index contributed by atoms with van der Waals surface area (Å²) in [6.45, 7) is 6.50. The molecule has 1 amide bonds. The number of rotatable bonds is 3. The number of nitrogens with zero attached hydrogens (tertiary/aromatic N) is 4. The smallest absolute Gasteiger partial charge is 0.220 e. The fourth-order valence-corrected chi connectivity index (χ4v) is 4.47. The summed E-state index contributed by atoms with van der Waals surface area (Å²) >= 11 is 0. The Morgan fingerprint density at radius 2 is 1.96 bits per heavy atom. The van der Waals surface area contributed by atoms with Crippen LogP contribution in [-0.2, 0) is 11.3 Å². The SMILES string of the molecule is Cc1cc(-c2ccccc2)nc(CN2CCN(C)C3(CCNC(=O)CC3)C2)n1. The topological polar surface area (TPSA) is 61.4 Å². The highest BCUT2D eigenvalue weighted by molar-refractivity contribution is 5.76. The van der Waals surface area contributed by atoms with Crippen LogP contribution in [0.5, 0.6) is 0 Å². The van der Waals surface area contributed by atoms with E-state index in [2.05, 4.69) is 34.3 Å². The number of aromatic nitrogens is 2. The van der Waals surface area contributed by atoms with Crippen molar-refractivity contribution in [1.82, 2.24) is 25.1 Å². The Hall–Kier alpha value is -2.31. The Balaban J connectivity index is 1.53. The standard InChI is InChI=1S/C22H29N5O/c1-17-14-19(18-6-4-3-5-7-18)25-20(24-17)15-27-13-12-26(2)22(16-27)9-8-21(28)23-11-10-22/h3-7,14H,8-13,15-16H2,1-2H3,(H,23,28). The van der Waals surface area contributed by atoms with Gasteiger partial charge in [0, 0.05) is 49.4 Å². The van der Waals surface area contributed by atoms with E-state index in [0.717, 1.165) is 68.3 Å². The lowest BCUT2D eigenvalue weighted by atomic mass is 9.86. The molecule has 1 aromatic heterocycles. The summed E-state index contributed by atoms with van der Waals surface area (Å²) < 4.78 is 0. The minimum absolute atomic E-state index is 0.0590. The molecule has 0 saturated carbocycles. The van der Waals surface area contributed by atoms with Crippen LogP contribution in [0.4, 0.5) is 0 Å². The van der Waals surface area contributed by atoms with Gasteiger partial charge in [0.15, 0.2) is 0 Å². The van der Waals surface area contributed by atoms with Gasteiger partial charge in [-0.05, 0) is 32.9 Å². The summed E-state index contributed by atoms with van der Waals surface area (Å²) in [5, 5.41) is 3.03. The molecule has 3 heterocycles. The van der Waals surface area contributed by atoms with Crippen molar-refractivity contribution >= 4 is 5.91 Å². The summed E-state index contributed by atoms with van der Waals surface area (Å²) in [4.78, 5) is 26.3. The third kappa shape index (κ3) is 4.08. The highest BCUT2D eigenvalue weighted by Gasteiger charge is 2.40. The molecule has 2 aliphatic heterocycles. The summed E-state index contributed by atoms with van der Waals surface area (Å²) in [5.74, 6) is 1.05. The number of amides is 1. The molecule has 2 aliphatic rings. The van der Waals surface area contributed by atoms with Crippen LogP contribution in [0.15, 0.2) is 36.4 Å². The van der Waals surface area contributed by atoms with E-state index in [1.54, 1.807) is 0 Å². The molecule has 0 radical (unpaired) electrons. The zero-order valence-electron chi connectivity index (χ0n) is 16.8. The van der Waals surface area contributed by atoms with Crippen molar-refractivity contribution in [3.05, 3.63) is 47.9 Å². The van der Waals surface area contributed by atoms with Gasteiger partial charge in [0.05, 0.1) is 12.2 Å². The van der Waals surface area contributed by atoms with Crippen LogP contribution in [0.1, 0.15) is 30.8 Å². The number of piperazine rings is 1. The number of hydrogen-bond donors (Lipinski definition) is 1. The van der Waals surface area contributed by atoms with Gasteiger partial charge in [-0.15, -0.1) is 0 Å². The molecule has 4 rings (SSSR count). The van der Waals surface area contributed by atoms with Crippen LogP contribution in [-0.4, -0.2) is 64.4 Å². The quantitative estimate of drug-likeness (QED) is 0.886. The van der Waals surface area contributed by atoms with Gasteiger partial charge in [-0.2, -0.15) is 0 Å². The van der Waals surface area contributed by atoms with E-state index < -0.39 is 0 Å². The lowest BCUT2D eigenvalue weighted by molar-refractivity contribution is -0.121. The van der Waals surface area contributed by atoms with Gasteiger partial charge in [0.25, 0.3) is 0 Å². The maximum atomic E-state index is 11.8. The fraction of sp³-hybridized carbons (Fsp3) is 0.500. The molecule has 6 heteroatoms. The lowest BCUT2D eigenvalue weighted by Gasteiger charge is -2.49. The molecule has 2 aromatic rings. The Kier molecular flexibility index (Phi) is 5.42. The number of likely N-dealkylation sites (N-methyl/N-ethyl adjacent to an activating group) is 1. The molecule has 6 nitrogen and oxygen atoms in total. The van der Waals surface area contributed by atoms with Gasteiger partial charge in [-0.25, -0.2) is 9.97 Å². The molecule has 1 atom stereocenters. The van der Waals surface area contributed by atoms with E-state index in [9.17, 15) is 4.79 Å². The number of aryl methyl sites for hydroxylation is 1. The van der Waals surface area contributed by atoms with Crippen LogP contribution >= 0.6 is 0 Å². The highest BCUT2D eigenvalue weighted by atomic mass is 16.1. The van der Waals surface area contributed by atoms with Crippen molar-refractivity contribution < 1.29 is 4.79 Å². The minimum Gasteiger partial charge on any atom is -0.356 e. The van der Waals surface area contributed by atoms with Gasteiger partial charge in [0.1, 0.15) is 5.82 Å². The second-order valence-electron chi connectivity index (χ2n) is 8.13. The predicted molar refractivity (Wildman–Crippen MR) is 110 cm³/mol. The van der Waals surface area contributed by atoms with Gasteiger partial charge < -0.3 is 5.32 Å². The first-order valence-electron chi connectivity index (χ1n) is 10.1. The molecule has 28 heavy (non-hydrogen) atoms. The Morgan fingerprint density at radius 3 is 2.79 bits per heavy atom. The summed E-state index contributed by atoms with van der Waals surface area (Å²) in [7, 11) is 2.20. The van der Waals surface area contributed by atoms with Crippen molar-refractivity contribution in [2.45, 2.75) is 38.3 Å². The Labute approximate surface area is 167 Å². The third-order valence-electron chi connectivity index (χ3n) is 6.14. The Morgan fingerprint density at radius 1 is 1.14 bits per heavy atom. The van der Waals surface area contributed by atoms with Crippen molar-refractivity contribution in [2.75, 3.05) is 33.2 Å². The van der Waals surface area contributed by atoms with Crippen molar-refractivity contribution in [3.8, 4) is 11.3 Å². The molecule has 0 aliphatic carbocycles. The van der Waals surface area contributed by atoms with Crippen molar-refractivity contribution in [1.29, 1.82) is 0 Å². The number of hydrogen-bond acceptors (Lipinski definition) is 5. The summed E-state index contributed by atoms with van der Waals surface area (Å²) in [6.07, 6.45) is 2.52. The molecule has 0 bridgehead atoms. The van der Waals surface area contributed by atoms with E-state index in [-0.39, 0.29) is 11.4 Å². The van der Waals surface area contributed by atoms with E-state index in [1.165, 1.54) is 0 Å². The largest absolute Gasteiger partial charge is 0.356 e. The minimum atomic E-state index is 0.0590. The predicted octanol–water partition coefficient (Wildman–Crippen LogP) is 2.24. The van der Waals surface area contributed by atoms with Crippen LogP contribution in [0, 0.1) is 6.92 Å². The van der Waals surface area contributed by atoms with Gasteiger partial charge in [-0.3, -0.25) is 14.6 Å². The van der Waals surface area contributed by atoms with Crippen LogP contribution < -0.4 is 5.32 Å². The van der Waals surface area contributed by atoms with E-state index in [4.69, 9.17) is 9.97 Å². The highest BCUT2D eigenvalue weighted by Crippen LogP contribution is 2.31. The molecule has 2 saturated heterocycles. The molecule has 148 valence electrons. The second-order valence-corrected chi connectivity index (χ2v) is 8.13. The molecule has 1 unspecified atom stereocenters. The van der Waals surface area contributed by atoms with Gasteiger partial charge >= 0.3 is 0 Å². The summed E-state index contributed by atoms with van der Waals surface area (Å²) in [6, 6.07) is 12.3. The molecular weight excluding hydrogens is 350 g/mol. The number of benzene rings is 1. The van der Waals surface area contributed by atoms with Crippen LogP contribution in [0.2, 0.25) is 0 Å². The molecule has 2 fully saturated rings.